The van der Waals surface area contributed by atoms with Gasteiger partial charge in [-0.1, -0.05) is 0 Å². The summed E-state index contributed by atoms with van der Waals surface area (Å²) >= 11 is 0. The maximum atomic E-state index is 11.0. The molecule has 5 heteroatoms. The smallest absolute Gasteiger partial charge is 0.332 e. The molecule has 0 aromatic carbocycles. The molecular formula is C13H25NO4. The van der Waals surface area contributed by atoms with Crippen LogP contribution in [-0.2, 0) is 14.3 Å². The van der Waals surface area contributed by atoms with Crippen LogP contribution in [-0.4, -0.2) is 62.0 Å². The first-order chi connectivity index (χ1) is 8.76. The van der Waals surface area contributed by atoms with Crippen LogP contribution in [0.15, 0.2) is 0 Å². The van der Waals surface area contributed by atoms with E-state index in [4.69, 9.17) is 14.6 Å². The summed E-state index contributed by atoms with van der Waals surface area (Å²) in [6.07, 6.45) is 3.28. The van der Waals surface area contributed by atoms with E-state index in [9.17, 15) is 4.79 Å². The van der Waals surface area contributed by atoms with Gasteiger partial charge in [-0.25, -0.2) is 4.79 Å². The largest absolute Gasteiger partial charge is 0.464 e. The molecule has 1 saturated heterocycles. The quantitative estimate of drug-likeness (QED) is 0.512. The first-order valence-electron chi connectivity index (χ1n) is 6.82. The van der Waals surface area contributed by atoms with Gasteiger partial charge in [-0.3, -0.25) is 0 Å². The van der Waals surface area contributed by atoms with Crippen molar-refractivity contribution in [2.24, 2.45) is 5.92 Å². The van der Waals surface area contributed by atoms with Crippen molar-refractivity contribution < 1.29 is 19.4 Å². The number of hydrogen-bond acceptors (Lipinski definition) is 5. The van der Waals surface area contributed by atoms with Crippen LogP contribution in [0.5, 0.6) is 0 Å². The number of ether oxygens (including phenoxy) is 2. The highest BCUT2D eigenvalue weighted by molar-refractivity contribution is 5.70. The van der Waals surface area contributed by atoms with Gasteiger partial charge in [-0.15, -0.1) is 0 Å². The summed E-state index contributed by atoms with van der Waals surface area (Å²) in [5, 5.41) is 8.94. The number of hydrogen-bond donors (Lipinski definition) is 1. The predicted molar refractivity (Wildman–Crippen MR) is 68.3 cm³/mol. The van der Waals surface area contributed by atoms with E-state index in [0.717, 1.165) is 26.1 Å². The Balaban J connectivity index is 2.06. The molecule has 1 fully saturated rings. The molecule has 1 heterocycles. The second-order valence-corrected chi connectivity index (χ2v) is 4.68. The van der Waals surface area contributed by atoms with E-state index in [1.165, 1.54) is 12.8 Å². The van der Waals surface area contributed by atoms with Crippen molar-refractivity contribution in [3.8, 4) is 0 Å². The summed E-state index contributed by atoms with van der Waals surface area (Å²) in [7, 11) is 0. The average molecular weight is 259 g/mol. The normalized spacial score (nSPS) is 20.9. The monoisotopic (exact) mass is 259 g/mol. The fraction of sp³-hybridized carbons (Fsp3) is 0.923. The lowest BCUT2D eigenvalue weighted by atomic mass is 9.95. The lowest BCUT2D eigenvalue weighted by molar-refractivity contribution is -0.148. The van der Waals surface area contributed by atoms with E-state index >= 15 is 0 Å². The zero-order chi connectivity index (χ0) is 13.2. The van der Waals surface area contributed by atoms with Gasteiger partial charge in [0.25, 0.3) is 0 Å². The number of aliphatic hydroxyl groups excluding tert-OH is 1. The number of esters is 1. The van der Waals surface area contributed by atoms with E-state index in [1.54, 1.807) is 6.92 Å². The minimum atomic E-state index is -0.297. The third-order valence-electron chi connectivity index (χ3n) is 3.22. The van der Waals surface area contributed by atoms with Crippen LogP contribution in [0.25, 0.3) is 0 Å². The zero-order valence-corrected chi connectivity index (χ0v) is 11.3. The van der Waals surface area contributed by atoms with E-state index in [1.807, 2.05) is 0 Å². The molecule has 106 valence electrons. The number of aliphatic hydroxyl groups is 1. The molecule has 1 atom stereocenters. The summed E-state index contributed by atoms with van der Waals surface area (Å²) in [5.41, 5.74) is 0. The van der Waals surface area contributed by atoms with Gasteiger partial charge in [-0.2, -0.15) is 0 Å². The van der Waals surface area contributed by atoms with Crippen molar-refractivity contribution in [2.75, 3.05) is 46.1 Å². The summed E-state index contributed by atoms with van der Waals surface area (Å²) in [6.45, 7) is 6.03. The van der Waals surface area contributed by atoms with Crippen LogP contribution in [0.3, 0.4) is 0 Å². The van der Waals surface area contributed by atoms with Gasteiger partial charge in [0.15, 0.2) is 0 Å². The highest BCUT2D eigenvalue weighted by Crippen LogP contribution is 2.18. The molecule has 1 N–H and O–H groups in total. The van der Waals surface area contributed by atoms with Gasteiger partial charge in [0.05, 0.1) is 13.2 Å². The van der Waals surface area contributed by atoms with Crippen molar-refractivity contribution in [1.82, 2.24) is 4.90 Å². The molecule has 0 spiro atoms. The maximum Gasteiger partial charge on any atom is 0.332 e. The molecule has 1 aliphatic rings. The molecule has 1 rings (SSSR count). The number of likely N-dealkylation sites (tertiary alicyclic amines) is 1. The first-order valence-corrected chi connectivity index (χ1v) is 6.82. The highest BCUT2D eigenvalue weighted by atomic mass is 16.6. The summed E-state index contributed by atoms with van der Waals surface area (Å²) in [5.74, 6) is 0.308. The van der Waals surface area contributed by atoms with Gasteiger partial charge >= 0.3 is 5.97 Å². The van der Waals surface area contributed by atoms with Crippen LogP contribution in [0.1, 0.15) is 26.2 Å². The molecule has 18 heavy (non-hydrogen) atoms. The topological polar surface area (TPSA) is 59.0 Å². The van der Waals surface area contributed by atoms with Crippen LogP contribution >= 0.6 is 0 Å². The number of rotatable bonds is 8. The molecule has 1 unspecified atom stereocenters. The molecule has 0 amide bonds. The molecule has 0 saturated carbocycles. The minimum absolute atomic E-state index is 0.0434. The lowest BCUT2D eigenvalue weighted by Gasteiger charge is -2.32. The SMILES string of the molecule is CCOC(=O)COCCN1CCCC(CCO)C1. The second-order valence-electron chi connectivity index (χ2n) is 4.68. The van der Waals surface area contributed by atoms with Crippen LogP contribution in [0.4, 0.5) is 0 Å². The van der Waals surface area contributed by atoms with Crippen molar-refractivity contribution in [3.63, 3.8) is 0 Å². The molecule has 0 aromatic heterocycles. The first kappa shape index (κ1) is 15.4. The third kappa shape index (κ3) is 6.33. The van der Waals surface area contributed by atoms with E-state index in [-0.39, 0.29) is 19.2 Å². The van der Waals surface area contributed by atoms with Crippen molar-refractivity contribution in [1.29, 1.82) is 0 Å². The van der Waals surface area contributed by atoms with Crippen molar-refractivity contribution in [2.45, 2.75) is 26.2 Å². The molecule has 0 bridgehead atoms. The van der Waals surface area contributed by atoms with E-state index in [0.29, 0.717) is 19.1 Å². The van der Waals surface area contributed by atoms with Gasteiger partial charge in [0.2, 0.25) is 0 Å². The molecular weight excluding hydrogens is 234 g/mol. The highest BCUT2D eigenvalue weighted by Gasteiger charge is 2.18. The molecule has 5 nitrogen and oxygen atoms in total. The van der Waals surface area contributed by atoms with Gasteiger partial charge in [0.1, 0.15) is 6.61 Å². The third-order valence-corrected chi connectivity index (χ3v) is 3.22. The molecule has 0 aromatic rings. The van der Waals surface area contributed by atoms with Gasteiger partial charge in [0, 0.05) is 19.7 Å². The Morgan fingerprint density at radius 3 is 3.06 bits per heavy atom. The fourth-order valence-electron chi connectivity index (χ4n) is 2.32. The standard InChI is InChI=1S/C13H25NO4/c1-2-18-13(16)11-17-9-7-14-6-3-4-12(10-14)5-8-15/h12,15H,2-11H2,1H3. The number of nitrogens with zero attached hydrogens (tertiary/aromatic N) is 1. The molecule has 0 radical (unpaired) electrons. The van der Waals surface area contributed by atoms with Crippen LogP contribution in [0, 0.1) is 5.92 Å². The Labute approximate surface area is 109 Å². The average Bonchev–Trinajstić information content (AvgIpc) is 2.36. The van der Waals surface area contributed by atoms with Gasteiger partial charge < -0.3 is 19.5 Å². The minimum Gasteiger partial charge on any atom is -0.464 e. The van der Waals surface area contributed by atoms with Gasteiger partial charge in [-0.05, 0) is 38.6 Å². The van der Waals surface area contributed by atoms with Crippen LogP contribution < -0.4 is 0 Å². The van der Waals surface area contributed by atoms with E-state index < -0.39 is 0 Å². The zero-order valence-electron chi connectivity index (χ0n) is 11.3. The Kier molecular flexibility index (Phi) is 7.96. The predicted octanol–water partition coefficient (Wildman–Crippen LogP) is 0.660. The maximum absolute atomic E-state index is 11.0. The molecule has 1 aliphatic heterocycles. The number of carbonyl (C=O) groups is 1. The molecule has 0 aliphatic carbocycles. The number of carbonyl (C=O) groups excluding carboxylic acids is 1. The summed E-state index contributed by atoms with van der Waals surface area (Å²) in [4.78, 5) is 13.4. The second kappa shape index (κ2) is 9.30. The Hall–Kier alpha value is -0.650. The Bertz CT molecular complexity index is 233. The fourth-order valence-corrected chi connectivity index (χ4v) is 2.32. The summed E-state index contributed by atoms with van der Waals surface area (Å²) < 4.78 is 10.1. The number of piperidine rings is 1. The van der Waals surface area contributed by atoms with Crippen molar-refractivity contribution in [3.05, 3.63) is 0 Å². The lowest BCUT2D eigenvalue weighted by Crippen LogP contribution is -2.38. The summed E-state index contributed by atoms with van der Waals surface area (Å²) in [6, 6.07) is 0. The van der Waals surface area contributed by atoms with Crippen LogP contribution in [0.2, 0.25) is 0 Å². The van der Waals surface area contributed by atoms with E-state index in [2.05, 4.69) is 4.90 Å². The Morgan fingerprint density at radius 1 is 1.50 bits per heavy atom. The Morgan fingerprint density at radius 2 is 2.33 bits per heavy atom. The van der Waals surface area contributed by atoms with Crippen molar-refractivity contribution >= 4 is 5.97 Å².